The second-order valence-electron chi connectivity index (χ2n) is 5.62. The molecule has 5 heteroatoms. The van der Waals surface area contributed by atoms with Gasteiger partial charge in [0.2, 0.25) is 0 Å². The summed E-state index contributed by atoms with van der Waals surface area (Å²) in [5.41, 5.74) is 1.14. The third kappa shape index (κ3) is 7.16. The number of amides is 1. The molecule has 0 saturated carbocycles. The number of aryl methyl sites for hydroxylation is 1. The SMILES string of the molecule is CCCOc1ccc(OCC(=O)NCCOc2cccc(C)c2)cc1. The third-order valence-electron chi connectivity index (χ3n) is 3.35. The number of carbonyl (C=O) groups excluding carboxylic acids is 1. The summed E-state index contributed by atoms with van der Waals surface area (Å²) < 4.78 is 16.5. The molecule has 134 valence electrons. The maximum Gasteiger partial charge on any atom is 0.258 e. The predicted molar refractivity (Wildman–Crippen MR) is 97.4 cm³/mol. The van der Waals surface area contributed by atoms with Crippen LogP contribution in [0.2, 0.25) is 0 Å². The van der Waals surface area contributed by atoms with Gasteiger partial charge in [0.05, 0.1) is 13.2 Å². The van der Waals surface area contributed by atoms with Crippen molar-refractivity contribution in [1.82, 2.24) is 5.32 Å². The molecule has 0 spiro atoms. The molecule has 2 aromatic carbocycles. The quantitative estimate of drug-likeness (QED) is 0.672. The van der Waals surface area contributed by atoms with Crippen LogP contribution in [-0.4, -0.2) is 32.3 Å². The number of hydrogen-bond donors (Lipinski definition) is 1. The third-order valence-corrected chi connectivity index (χ3v) is 3.35. The van der Waals surface area contributed by atoms with Crippen molar-refractivity contribution >= 4 is 5.91 Å². The largest absolute Gasteiger partial charge is 0.494 e. The van der Waals surface area contributed by atoms with Crippen molar-refractivity contribution in [2.24, 2.45) is 0 Å². The highest BCUT2D eigenvalue weighted by Gasteiger charge is 2.03. The lowest BCUT2D eigenvalue weighted by atomic mass is 10.2. The van der Waals surface area contributed by atoms with Crippen LogP contribution in [0.4, 0.5) is 0 Å². The molecule has 2 aromatic rings. The Morgan fingerprint density at radius 2 is 1.60 bits per heavy atom. The second kappa shape index (κ2) is 10.2. The molecule has 5 nitrogen and oxygen atoms in total. The Hall–Kier alpha value is -2.69. The molecule has 0 aromatic heterocycles. The Kier molecular flexibility index (Phi) is 7.63. The molecule has 0 bridgehead atoms. The van der Waals surface area contributed by atoms with Crippen molar-refractivity contribution < 1.29 is 19.0 Å². The van der Waals surface area contributed by atoms with Crippen LogP contribution in [0.15, 0.2) is 48.5 Å². The van der Waals surface area contributed by atoms with Crippen LogP contribution in [0.25, 0.3) is 0 Å². The highest BCUT2D eigenvalue weighted by Crippen LogP contribution is 2.17. The van der Waals surface area contributed by atoms with Gasteiger partial charge in [0.1, 0.15) is 23.9 Å². The molecule has 25 heavy (non-hydrogen) atoms. The van der Waals surface area contributed by atoms with Crippen LogP contribution < -0.4 is 19.5 Å². The van der Waals surface area contributed by atoms with Crippen molar-refractivity contribution in [3.8, 4) is 17.2 Å². The van der Waals surface area contributed by atoms with Crippen molar-refractivity contribution in [2.75, 3.05) is 26.4 Å². The van der Waals surface area contributed by atoms with Crippen LogP contribution in [0.1, 0.15) is 18.9 Å². The number of rotatable bonds is 10. The molecule has 2 rings (SSSR count). The van der Waals surface area contributed by atoms with E-state index >= 15 is 0 Å². The molecule has 0 atom stereocenters. The molecular formula is C20H25NO4. The van der Waals surface area contributed by atoms with Crippen molar-refractivity contribution in [3.63, 3.8) is 0 Å². The van der Waals surface area contributed by atoms with Crippen LogP contribution in [0, 0.1) is 6.92 Å². The van der Waals surface area contributed by atoms with E-state index in [9.17, 15) is 4.79 Å². The van der Waals surface area contributed by atoms with E-state index in [-0.39, 0.29) is 12.5 Å². The standard InChI is InChI=1S/C20H25NO4/c1-3-12-23-17-7-9-18(10-8-17)25-15-20(22)21-11-13-24-19-6-4-5-16(2)14-19/h4-10,14H,3,11-13,15H2,1-2H3,(H,21,22). The van der Waals surface area contributed by atoms with Gasteiger partial charge in [-0.15, -0.1) is 0 Å². The van der Waals surface area contributed by atoms with Gasteiger partial charge < -0.3 is 19.5 Å². The van der Waals surface area contributed by atoms with Gasteiger partial charge in [0.25, 0.3) is 5.91 Å². The molecule has 0 heterocycles. The fourth-order valence-corrected chi connectivity index (χ4v) is 2.12. The van der Waals surface area contributed by atoms with Gasteiger partial charge in [0.15, 0.2) is 6.61 Å². The summed E-state index contributed by atoms with van der Waals surface area (Å²) in [6.07, 6.45) is 0.964. The van der Waals surface area contributed by atoms with Gasteiger partial charge in [-0.3, -0.25) is 4.79 Å². The van der Waals surface area contributed by atoms with Crippen molar-refractivity contribution in [3.05, 3.63) is 54.1 Å². The first kappa shape index (κ1) is 18.6. The molecule has 0 aliphatic carbocycles. The van der Waals surface area contributed by atoms with Gasteiger partial charge in [-0.25, -0.2) is 0 Å². The molecule has 0 fully saturated rings. The van der Waals surface area contributed by atoms with E-state index in [0.717, 1.165) is 23.5 Å². The van der Waals surface area contributed by atoms with Crippen LogP contribution in [-0.2, 0) is 4.79 Å². The van der Waals surface area contributed by atoms with E-state index in [1.807, 2.05) is 43.3 Å². The summed E-state index contributed by atoms with van der Waals surface area (Å²) >= 11 is 0. The summed E-state index contributed by atoms with van der Waals surface area (Å²) in [6, 6.07) is 15.0. The Morgan fingerprint density at radius 1 is 0.920 bits per heavy atom. The molecular weight excluding hydrogens is 318 g/mol. The van der Waals surface area contributed by atoms with Crippen LogP contribution in [0.5, 0.6) is 17.2 Å². The summed E-state index contributed by atoms with van der Waals surface area (Å²) in [7, 11) is 0. The lowest BCUT2D eigenvalue weighted by Gasteiger charge is -2.10. The fourth-order valence-electron chi connectivity index (χ4n) is 2.12. The van der Waals surface area contributed by atoms with Crippen molar-refractivity contribution in [1.29, 1.82) is 0 Å². The maximum atomic E-state index is 11.8. The topological polar surface area (TPSA) is 56.8 Å². The first-order chi connectivity index (χ1) is 12.2. The zero-order valence-corrected chi connectivity index (χ0v) is 14.8. The smallest absolute Gasteiger partial charge is 0.258 e. The number of ether oxygens (including phenoxy) is 3. The van der Waals surface area contributed by atoms with Gasteiger partial charge in [-0.2, -0.15) is 0 Å². The number of carbonyl (C=O) groups is 1. The van der Waals surface area contributed by atoms with Gasteiger partial charge >= 0.3 is 0 Å². The average Bonchev–Trinajstić information content (AvgIpc) is 2.63. The minimum Gasteiger partial charge on any atom is -0.494 e. The average molecular weight is 343 g/mol. The van der Waals surface area contributed by atoms with Crippen molar-refractivity contribution in [2.45, 2.75) is 20.3 Å². The molecule has 0 aliphatic rings. The summed E-state index contributed by atoms with van der Waals surface area (Å²) in [5, 5.41) is 2.76. The van der Waals surface area contributed by atoms with E-state index in [0.29, 0.717) is 25.5 Å². The Labute approximate surface area is 148 Å². The van der Waals surface area contributed by atoms with Crippen LogP contribution >= 0.6 is 0 Å². The lowest BCUT2D eigenvalue weighted by molar-refractivity contribution is -0.123. The molecule has 0 unspecified atom stereocenters. The molecule has 1 N–H and O–H groups in total. The van der Waals surface area contributed by atoms with Gasteiger partial charge in [0, 0.05) is 0 Å². The summed E-state index contributed by atoms with van der Waals surface area (Å²) in [5.74, 6) is 2.05. The van der Waals surface area contributed by atoms with E-state index < -0.39 is 0 Å². The highest BCUT2D eigenvalue weighted by atomic mass is 16.5. The number of hydrogen-bond acceptors (Lipinski definition) is 4. The molecule has 0 radical (unpaired) electrons. The molecule has 0 saturated heterocycles. The molecule has 0 aliphatic heterocycles. The van der Waals surface area contributed by atoms with Gasteiger partial charge in [-0.1, -0.05) is 19.1 Å². The monoisotopic (exact) mass is 343 g/mol. The van der Waals surface area contributed by atoms with E-state index in [2.05, 4.69) is 12.2 Å². The number of benzene rings is 2. The lowest BCUT2D eigenvalue weighted by Crippen LogP contribution is -2.32. The maximum absolute atomic E-state index is 11.8. The minimum atomic E-state index is -0.181. The van der Waals surface area contributed by atoms with E-state index in [4.69, 9.17) is 14.2 Å². The first-order valence-electron chi connectivity index (χ1n) is 8.49. The minimum absolute atomic E-state index is 0.0282. The van der Waals surface area contributed by atoms with E-state index in [1.54, 1.807) is 12.1 Å². The zero-order valence-electron chi connectivity index (χ0n) is 14.8. The highest BCUT2D eigenvalue weighted by molar-refractivity contribution is 5.77. The predicted octanol–water partition coefficient (Wildman–Crippen LogP) is 3.36. The van der Waals surface area contributed by atoms with Crippen LogP contribution in [0.3, 0.4) is 0 Å². The van der Waals surface area contributed by atoms with E-state index in [1.165, 1.54) is 0 Å². The Balaban J connectivity index is 1.62. The molecule has 1 amide bonds. The Morgan fingerprint density at radius 3 is 2.28 bits per heavy atom. The van der Waals surface area contributed by atoms with Gasteiger partial charge in [-0.05, 0) is 55.3 Å². The summed E-state index contributed by atoms with van der Waals surface area (Å²) in [4.78, 5) is 11.8. The normalized spacial score (nSPS) is 10.2. The fraction of sp³-hybridized carbons (Fsp3) is 0.350. The Bertz CT molecular complexity index is 655. The second-order valence-corrected chi connectivity index (χ2v) is 5.62. The number of nitrogens with one attached hydrogen (secondary N) is 1. The summed E-state index contributed by atoms with van der Waals surface area (Å²) in [6.45, 7) is 5.57. The zero-order chi connectivity index (χ0) is 17.9. The first-order valence-corrected chi connectivity index (χ1v) is 8.49.